The van der Waals surface area contributed by atoms with Crippen molar-refractivity contribution >= 4 is 34.7 Å². The van der Waals surface area contributed by atoms with Crippen molar-refractivity contribution in [3.8, 4) is 11.5 Å². The largest absolute Gasteiger partial charge is 0.507 e. The zero-order valence-corrected chi connectivity index (χ0v) is 23.2. The predicted molar refractivity (Wildman–Crippen MR) is 155 cm³/mol. The van der Waals surface area contributed by atoms with Gasteiger partial charge in [0.05, 0.1) is 19.9 Å². The molecule has 0 saturated heterocycles. The molecule has 7 heteroatoms. The summed E-state index contributed by atoms with van der Waals surface area (Å²) in [5.74, 6) is 0.284. The molecule has 3 aromatic carbocycles. The van der Waals surface area contributed by atoms with Crippen LogP contribution in [0.15, 0.2) is 89.6 Å². The number of aliphatic hydroxyl groups excluding tert-OH is 1. The van der Waals surface area contributed by atoms with Crippen LogP contribution in [0.4, 0.5) is 5.69 Å². The molecular weight excluding hydrogens is 512 g/mol. The lowest BCUT2D eigenvalue weighted by molar-refractivity contribution is -0.118. The summed E-state index contributed by atoms with van der Waals surface area (Å²) in [6, 6.07) is 21.7. The molecule has 39 heavy (non-hydrogen) atoms. The number of hydrogen-bond acceptors (Lipinski definition) is 5. The highest BCUT2D eigenvalue weighted by Gasteiger charge is 2.47. The van der Waals surface area contributed by atoms with Gasteiger partial charge in [-0.3, -0.25) is 15.1 Å². The first kappa shape index (κ1) is 26.6. The van der Waals surface area contributed by atoms with Gasteiger partial charge < -0.3 is 14.6 Å². The van der Waals surface area contributed by atoms with E-state index in [9.17, 15) is 15.3 Å². The number of allylic oxidation sites excluding steroid dienone is 2. The van der Waals surface area contributed by atoms with Crippen molar-refractivity contribution < 1.29 is 19.4 Å². The number of nitrogens with zero attached hydrogens (tertiary/aromatic N) is 1. The van der Waals surface area contributed by atoms with Crippen LogP contribution >= 0.6 is 11.6 Å². The van der Waals surface area contributed by atoms with Crippen molar-refractivity contribution in [1.82, 2.24) is 0 Å². The van der Waals surface area contributed by atoms with Gasteiger partial charge in [0.1, 0.15) is 23.1 Å². The Morgan fingerprint density at radius 2 is 1.69 bits per heavy atom. The molecule has 0 radical (unpaired) electrons. The van der Waals surface area contributed by atoms with Crippen LogP contribution in [0.25, 0.3) is 5.76 Å². The van der Waals surface area contributed by atoms with E-state index in [0.29, 0.717) is 63.0 Å². The molecule has 1 heterocycles. The fourth-order valence-electron chi connectivity index (χ4n) is 5.62. The summed E-state index contributed by atoms with van der Waals surface area (Å²) in [6.45, 7) is 4.10. The molecule has 200 valence electrons. The van der Waals surface area contributed by atoms with E-state index in [-0.39, 0.29) is 22.8 Å². The molecule has 2 N–H and O–H groups in total. The fourth-order valence-corrected chi connectivity index (χ4v) is 5.87. The zero-order chi connectivity index (χ0) is 27.9. The number of Topliss-reactive ketones (excluding diaryl/α,β-unsaturated/α-hetero) is 1. The van der Waals surface area contributed by atoms with Crippen LogP contribution in [0.3, 0.4) is 0 Å². The Labute approximate surface area is 233 Å². The number of ketones is 1. The number of benzene rings is 3. The average molecular weight is 543 g/mol. The summed E-state index contributed by atoms with van der Waals surface area (Å²) >= 11 is 6.74. The highest BCUT2D eigenvalue weighted by molar-refractivity contribution is 6.32. The second-order valence-corrected chi connectivity index (χ2v) is 11.0. The van der Waals surface area contributed by atoms with Gasteiger partial charge in [0, 0.05) is 45.8 Å². The number of carbonyl (C=O) groups excluding carboxylic acids is 1. The normalized spacial score (nSPS) is 20.0. The minimum absolute atomic E-state index is 0.0381. The van der Waals surface area contributed by atoms with Gasteiger partial charge in [-0.15, -0.1) is 0 Å². The summed E-state index contributed by atoms with van der Waals surface area (Å²) in [7, 11) is 3.14. The fraction of sp³-hybridized carbons (Fsp3) is 0.250. The number of amidine groups is 1. The summed E-state index contributed by atoms with van der Waals surface area (Å²) in [6.07, 6.45) is 0.875. The van der Waals surface area contributed by atoms with Crippen LogP contribution in [0.2, 0.25) is 5.02 Å². The van der Waals surface area contributed by atoms with Crippen molar-refractivity contribution in [3.05, 3.63) is 106 Å². The molecule has 1 unspecified atom stereocenters. The Hall–Kier alpha value is -4.03. The zero-order valence-electron chi connectivity index (χ0n) is 22.4. The molecule has 6 nitrogen and oxygen atoms in total. The molecule has 2 aliphatic rings. The van der Waals surface area contributed by atoms with E-state index < -0.39 is 5.92 Å². The Kier molecular flexibility index (Phi) is 7.00. The van der Waals surface area contributed by atoms with Gasteiger partial charge in [-0.25, -0.2) is 0 Å². The number of ether oxygens (including phenoxy) is 2. The third-order valence-electron chi connectivity index (χ3n) is 7.37. The molecule has 1 aliphatic heterocycles. The topological polar surface area (TPSA) is 82.8 Å². The Bertz CT molecular complexity index is 1520. The lowest BCUT2D eigenvalue weighted by Crippen LogP contribution is -2.45. The maximum absolute atomic E-state index is 14.0. The van der Waals surface area contributed by atoms with Crippen molar-refractivity contribution in [2.45, 2.75) is 32.6 Å². The molecule has 0 saturated carbocycles. The smallest absolute Gasteiger partial charge is 0.162 e. The van der Waals surface area contributed by atoms with Gasteiger partial charge in [0.2, 0.25) is 0 Å². The number of rotatable bonds is 5. The van der Waals surface area contributed by atoms with E-state index in [4.69, 9.17) is 21.1 Å². The minimum Gasteiger partial charge on any atom is -0.507 e. The first-order chi connectivity index (χ1) is 18.7. The number of hydrogen-bond donors (Lipinski definition) is 2. The SMILES string of the molecule is COc1ccc(OC)c(N2C(=N)/C(=C(/O)c3ccccc3)C(c3ccccc3Cl)C3=C2CC(C)(C)CC3=O)c1. The lowest BCUT2D eigenvalue weighted by atomic mass is 9.67. The van der Waals surface area contributed by atoms with Crippen LogP contribution < -0.4 is 14.4 Å². The van der Waals surface area contributed by atoms with Gasteiger partial charge in [-0.1, -0.05) is 74.0 Å². The van der Waals surface area contributed by atoms with E-state index in [2.05, 4.69) is 13.8 Å². The quantitative estimate of drug-likeness (QED) is 0.325. The summed E-state index contributed by atoms with van der Waals surface area (Å²) < 4.78 is 11.2. The number of methoxy groups -OCH3 is 2. The summed E-state index contributed by atoms with van der Waals surface area (Å²) in [4.78, 5) is 15.8. The molecule has 0 fully saturated rings. The molecule has 0 bridgehead atoms. The Balaban J connectivity index is 1.90. The van der Waals surface area contributed by atoms with Crippen LogP contribution in [-0.2, 0) is 4.79 Å². The van der Waals surface area contributed by atoms with Crippen LogP contribution in [0.5, 0.6) is 11.5 Å². The van der Waals surface area contributed by atoms with E-state index in [1.54, 1.807) is 55.5 Å². The monoisotopic (exact) mass is 542 g/mol. The van der Waals surface area contributed by atoms with Gasteiger partial charge in [0.15, 0.2) is 5.78 Å². The first-order valence-corrected chi connectivity index (χ1v) is 13.1. The third kappa shape index (κ3) is 4.70. The molecule has 0 amide bonds. The van der Waals surface area contributed by atoms with Gasteiger partial charge >= 0.3 is 0 Å². The van der Waals surface area contributed by atoms with E-state index in [0.717, 1.165) is 0 Å². The van der Waals surface area contributed by atoms with E-state index in [1.165, 1.54) is 0 Å². The number of aliphatic hydroxyl groups is 1. The second kappa shape index (κ2) is 10.3. The number of carbonyl (C=O) groups is 1. The van der Waals surface area contributed by atoms with Crippen LogP contribution in [0.1, 0.15) is 43.7 Å². The third-order valence-corrected chi connectivity index (χ3v) is 7.71. The Morgan fingerprint density at radius 1 is 1.00 bits per heavy atom. The van der Waals surface area contributed by atoms with Crippen LogP contribution in [0, 0.1) is 10.8 Å². The Morgan fingerprint density at radius 3 is 2.36 bits per heavy atom. The number of nitrogens with one attached hydrogen (secondary N) is 1. The molecular formula is C32H31ClN2O4. The van der Waals surface area contributed by atoms with Gasteiger partial charge in [-0.2, -0.15) is 0 Å². The molecule has 1 aliphatic carbocycles. The molecule has 3 aromatic rings. The molecule has 1 atom stereocenters. The molecule has 0 spiro atoms. The van der Waals surface area contributed by atoms with Crippen LogP contribution in [-0.4, -0.2) is 30.9 Å². The van der Waals surface area contributed by atoms with Crippen molar-refractivity contribution in [1.29, 1.82) is 5.41 Å². The minimum atomic E-state index is -0.724. The summed E-state index contributed by atoms with van der Waals surface area (Å²) in [5, 5.41) is 21.9. The lowest BCUT2D eigenvalue weighted by Gasteiger charge is -2.45. The van der Waals surface area contributed by atoms with E-state index >= 15 is 0 Å². The van der Waals surface area contributed by atoms with Crippen molar-refractivity contribution in [2.75, 3.05) is 19.1 Å². The van der Waals surface area contributed by atoms with Gasteiger partial charge in [0.25, 0.3) is 0 Å². The standard InChI is InChI=1S/C32H31ClN2O4/c1-32(2)17-24-28(25(36)18-32)27(21-12-8-9-13-22(21)33)29(30(37)19-10-6-5-7-11-19)31(34)35(24)23-16-20(38-3)14-15-26(23)39-4/h5-16,27,34,37H,17-18H2,1-4H3/b30-29+,34-31?. The summed E-state index contributed by atoms with van der Waals surface area (Å²) in [5.41, 5.74) is 2.94. The van der Waals surface area contributed by atoms with Crippen molar-refractivity contribution in [3.63, 3.8) is 0 Å². The maximum Gasteiger partial charge on any atom is 0.162 e. The average Bonchev–Trinajstić information content (AvgIpc) is 2.92. The predicted octanol–water partition coefficient (Wildman–Crippen LogP) is 7.55. The van der Waals surface area contributed by atoms with E-state index in [1.807, 2.05) is 36.4 Å². The van der Waals surface area contributed by atoms with Crippen molar-refractivity contribution in [2.24, 2.45) is 5.41 Å². The molecule has 0 aromatic heterocycles. The molecule has 5 rings (SSSR count). The second-order valence-electron chi connectivity index (χ2n) is 10.6. The first-order valence-electron chi connectivity index (χ1n) is 12.8. The number of halogens is 1. The highest BCUT2D eigenvalue weighted by Crippen LogP contribution is 2.53. The highest BCUT2D eigenvalue weighted by atomic mass is 35.5. The number of anilines is 1. The maximum atomic E-state index is 14.0. The van der Waals surface area contributed by atoms with Gasteiger partial charge in [-0.05, 0) is 35.6 Å².